The molecule has 2 fully saturated rings. The number of rotatable bonds is 5. The molecule has 0 aliphatic carbocycles. The third-order valence-electron chi connectivity index (χ3n) is 5.92. The summed E-state index contributed by atoms with van der Waals surface area (Å²) in [7, 11) is 0. The fourth-order valence-corrected chi connectivity index (χ4v) is 4.47. The second kappa shape index (κ2) is 8.30. The third-order valence-corrected chi connectivity index (χ3v) is 5.92. The molecule has 2 aromatic rings. The van der Waals surface area contributed by atoms with Crippen LogP contribution >= 0.6 is 0 Å². The van der Waals surface area contributed by atoms with Gasteiger partial charge in [-0.15, -0.1) is 0 Å². The molecule has 2 N–H and O–H groups in total. The van der Waals surface area contributed by atoms with Crippen LogP contribution in [0.3, 0.4) is 0 Å². The third kappa shape index (κ3) is 4.43. The maximum Gasteiger partial charge on any atom is 0.317 e. The number of hydrogen-bond acceptors (Lipinski definition) is 3. The van der Waals surface area contributed by atoms with Gasteiger partial charge in [0.25, 0.3) is 0 Å². The van der Waals surface area contributed by atoms with Crippen molar-refractivity contribution in [2.24, 2.45) is 5.92 Å². The number of piperidine rings is 1. The molecule has 2 saturated heterocycles. The molecule has 6 heteroatoms. The molecule has 146 valence electrons. The number of aromatic nitrogens is 2. The van der Waals surface area contributed by atoms with E-state index in [2.05, 4.69) is 33.2 Å². The number of urea groups is 1. The molecule has 27 heavy (non-hydrogen) atoms. The number of fused-ring (bicyclic) bond motifs is 1. The summed E-state index contributed by atoms with van der Waals surface area (Å²) in [5.41, 5.74) is 3.27. The van der Waals surface area contributed by atoms with Gasteiger partial charge in [0.1, 0.15) is 5.82 Å². The number of imidazole rings is 1. The predicted molar refractivity (Wildman–Crippen MR) is 108 cm³/mol. The molecule has 2 amide bonds. The van der Waals surface area contributed by atoms with Crippen LogP contribution in [0, 0.1) is 12.8 Å². The number of carbonyl (C=O) groups excluding carboxylic acids is 1. The molecule has 0 spiro atoms. The van der Waals surface area contributed by atoms with E-state index in [1.54, 1.807) is 0 Å². The molecule has 2 aliphatic rings. The molecule has 0 bridgehead atoms. The van der Waals surface area contributed by atoms with Gasteiger partial charge in [-0.3, -0.25) is 0 Å². The van der Waals surface area contributed by atoms with Crippen molar-refractivity contribution in [3.8, 4) is 0 Å². The minimum Gasteiger partial charge on any atom is -0.342 e. The van der Waals surface area contributed by atoms with Gasteiger partial charge in [-0.1, -0.05) is 12.1 Å². The zero-order chi connectivity index (χ0) is 18.6. The number of likely N-dealkylation sites (tertiary alicyclic amines) is 2. The van der Waals surface area contributed by atoms with E-state index in [0.29, 0.717) is 12.5 Å². The molecule has 2 aliphatic heterocycles. The van der Waals surface area contributed by atoms with Crippen LogP contribution < -0.4 is 5.32 Å². The zero-order valence-electron chi connectivity index (χ0n) is 16.3. The number of aryl methyl sites for hydroxylation is 1. The van der Waals surface area contributed by atoms with Crippen LogP contribution in [-0.4, -0.2) is 65.1 Å². The number of para-hydroxylation sites is 1. The molecular weight excluding hydrogens is 338 g/mol. The van der Waals surface area contributed by atoms with Gasteiger partial charge in [-0.05, 0) is 63.2 Å². The molecule has 1 aromatic carbocycles. The maximum absolute atomic E-state index is 12.6. The number of benzene rings is 1. The highest BCUT2D eigenvalue weighted by atomic mass is 16.2. The van der Waals surface area contributed by atoms with Crippen LogP contribution in [0.25, 0.3) is 11.0 Å². The van der Waals surface area contributed by atoms with Crippen LogP contribution in [0.5, 0.6) is 0 Å². The molecule has 0 radical (unpaired) electrons. The largest absolute Gasteiger partial charge is 0.342 e. The van der Waals surface area contributed by atoms with E-state index in [4.69, 9.17) is 0 Å². The summed E-state index contributed by atoms with van der Waals surface area (Å²) < 4.78 is 0. The molecule has 4 rings (SSSR count). The summed E-state index contributed by atoms with van der Waals surface area (Å²) in [5.74, 6) is 1.56. The second-order valence-corrected chi connectivity index (χ2v) is 8.10. The SMILES string of the molecule is Cc1cccc2[nH]c(CCNC(=O)N3CCC[C@H](CN4CCCC4)C3)nc12. The number of nitrogens with zero attached hydrogens (tertiary/aromatic N) is 3. The Morgan fingerprint density at radius 2 is 2.11 bits per heavy atom. The van der Waals surface area contributed by atoms with Crippen LogP contribution in [0.4, 0.5) is 4.79 Å². The van der Waals surface area contributed by atoms with Crippen LogP contribution in [0.2, 0.25) is 0 Å². The van der Waals surface area contributed by atoms with Crippen molar-refractivity contribution < 1.29 is 4.79 Å². The van der Waals surface area contributed by atoms with Gasteiger partial charge in [0.15, 0.2) is 0 Å². The Kier molecular flexibility index (Phi) is 5.62. The first-order chi connectivity index (χ1) is 13.2. The lowest BCUT2D eigenvalue weighted by atomic mass is 9.98. The van der Waals surface area contributed by atoms with Crippen LogP contribution in [-0.2, 0) is 6.42 Å². The average Bonchev–Trinajstić information content (AvgIpc) is 3.32. The van der Waals surface area contributed by atoms with Gasteiger partial charge in [0, 0.05) is 32.6 Å². The number of hydrogen-bond donors (Lipinski definition) is 2. The fourth-order valence-electron chi connectivity index (χ4n) is 4.47. The van der Waals surface area contributed by atoms with E-state index in [-0.39, 0.29) is 6.03 Å². The topological polar surface area (TPSA) is 64.3 Å². The number of nitrogens with one attached hydrogen (secondary N) is 2. The van der Waals surface area contributed by atoms with Gasteiger partial charge >= 0.3 is 6.03 Å². The lowest BCUT2D eigenvalue weighted by Crippen LogP contribution is -2.47. The van der Waals surface area contributed by atoms with Crippen LogP contribution in [0.15, 0.2) is 18.2 Å². The Hall–Kier alpha value is -2.08. The summed E-state index contributed by atoms with van der Waals surface area (Å²) in [5, 5.41) is 3.09. The fraction of sp³-hybridized carbons (Fsp3) is 0.619. The predicted octanol–water partition coefficient (Wildman–Crippen LogP) is 2.93. The highest BCUT2D eigenvalue weighted by molar-refractivity contribution is 5.78. The van der Waals surface area contributed by atoms with Gasteiger partial charge in [-0.25, -0.2) is 9.78 Å². The monoisotopic (exact) mass is 369 g/mol. The molecule has 1 atom stereocenters. The molecule has 3 heterocycles. The van der Waals surface area contributed by atoms with Crippen molar-refractivity contribution in [3.63, 3.8) is 0 Å². The number of H-pyrrole nitrogens is 1. The summed E-state index contributed by atoms with van der Waals surface area (Å²) >= 11 is 0. The van der Waals surface area contributed by atoms with Crippen molar-refractivity contribution in [2.45, 2.75) is 39.0 Å². The summed E-state index contributed by atoms with van der Waals surface area (Å²) in [4.78, 5) is 25.2. The Morgan fingerprint density at radius 3 is 2.93 bits per heavy atom. The first kappa shape index (κ1) is 18.3. The minimum atomic E-state index is 0.0772. The van der Waals surface area contributed by atoms with E-state index >= 15 is 0 Å². The molecule has 6 nitrogen and oxygen atoms in total. The van der Waals surface area contributed by atoms with Crippen molar-refractivity contribution in [1.29, 1.82) is 0 Å². The number of carbonyl (C=O) groups is 1. The Bertz CT molecular complexity index is 780. The van der Waals surface area contributed by atoms with E-state index in [1.807, 2.05) is 17.0 Å². The second-order valence-electron chi connectivity index (χ2n) is 8.10. The van der Waals surface area contributed by atoms with Crippen molar-refractivity contribution in [1.82, 2.24) is 25.1 Å². The van der Waals surface area contributed by atoms with Gasteiger partial charge in [-0.2, -0.15) is 0 Å². The average molecular weight is 370 g/mol. The quantitative estimate of drug-likeness (QED) is 0.852. The summed E-state index contributed by atoms with van der Waals surface area (Å²) in [6.07, 6.45) is 5.76. The maximum atomic E-state index is 12.6. The first-order valence-corrected chi connectivity index (χ1v) is 10.4. The van der Waals surface area contributed by atoms with Crippen molar-refractivity contribution in [2.75, 3.05) is 39.3 Å². The standard InChI is InChI=1S/C21H31N5O/c1-16-6-4-8-18-20(16)24-19(23-18)9-10-22-21(27)26-13-5-7-17(15-26)14-25-11-2-3-12-25/h4,6,8,17H,2-3,5,7,9-15H2,1H3,(H,22,27)(H,23,24)/t17-/m1/s1. The molecular formula is C21H31N5O. The summed E-state index contributed by atoms with van der Waals surface area (Å²) in [6, 6.07) is 6.24. The minimum absolute atomic E-state index is 0.0772. The highest BCUT2D eigenvalue weighted by Crippen LogP contribution is 2.20. The Morgan fingerprint density at radius 1 is 1.26 bits per heavy atom. The lowest BCUT2D eigenvalue weighted by molar-refractivity contribution is 0.147. The number of amides is 2. The molecule has 1 aromatic heterocycles. The lowest BCUT2D eigenvalue weighted by Gasteiger charge is -2.34. The number of aromatic amines is 1. The van der Waals surface area contributed by atoms with E-state index in [9.17, 15) is 4.79 Å². The van der Waals surface area contributed by atoms with E-state index in [0.717, 1.165) is 49.3 Å². The van der Waals surface area contributed by atoms with Gasteiger partial charge in [0.2, 0.25) is 0 Å². The van der Waals surface area contributed by atoms with Crippen LogP contribution in [0.1, 0.15) is 37.1 Å². The van der Waals surface area contributed by atoms with Gasteiger partial charge < -0.3 is 20.1 Å². The first-order valence-electron chi connectivity index (χ1n) is 10.4. The zero-order valence-corrected chi connectivity index (χ0v) is 16.3. The normalized spacial score (nSPS) is 21.1. The Balaban J connectivity index is 1.25. The summed E-state index contributed by atoms with van der Waals surface area (Å²) in [6.45, 7) is 8.09. The molecule has 0 saturated carbocycles. The van der Waals surface area contributed by atoms with Crippen molar-refractivity contribution >= 4 is 17.1 Å². The smallest absolute Gasteiger partial charge is 0.317 e. The van der Waals surface area contributed by atoms with Gasteiger partial charge in [0.05, 0.1) is 11.0 Å². The van der Waals surface area contributed by atoms with E-state index < -0.39 is 0 Å². The van der Waals surface area contributed by atoms with E-state index in [1.165, 1.54) is 37.9 Å². The highest BCUT2D eigenvalue weighted by Gasteiger charge is 2.25. The van der Waals surface area contributed by atoms with Crippen molar-refractivity contribution in [3.05, 3.63) is 29.6 Å². The molecule has 0 unspecified atom stereocenters. The Labute approximate surface area is 161 Å².